The first kappa shape index (κ1) is 14.8. The molecule has 0 spiro atoms. The van der Waals surface area contributed by atoms with Crippen molar-refractivity contribution in [2.24, 2.45) is 0 Å². The van der Waals surface area contributed by atoms with E-state index in [1.54, 1.807) is 18.1 Å². The zero-order valence-corrected chi connectivity index (χ0v) is 12.2. The molecule has 2 amide bonds. The fraction of sp³-hybridized carbons (Fsp3) is 0.250. The first-order valence-corrected chi connectivity index (χ1v) is 6.84. The molecule has 1 N–H and O–H groups in total. The summed E-state index contributed by atoms with van der Waals surface area (Å²) in [6.45, 7) is 3.02. The van der Waals surface area contributed by atoms with Crippen molar-refractivity contribution in [3.05, 3.63) is 54.4 Å². The fourth-order valence-electron chi connectivity index (χ4n) is 1.83. The van der Waals surface area contributed by atoms with Crippen LogP contribution in [-0.4, -0.2) is 29.6 Å². The number of carbonyl (C=O) groups is 1. The van der Waals surface area contributed by atoms with Gasteiger partial charge in [-0.2, -0.15) is 0 Å². The molecule has 5 heteroatoms. The van der Waals surface area contributed by atoms with E-state index >= 15 is 0 Å². The molecule has 0 aliphatic carbocycles. The Morgan fingerprint density at radius 1 is 1.24 bits per heavy atom. The maximum atomic E-state index is 12.1. The van der Waals surface area contributed by atoms with Gasteiger partial charge in [-0.1, -0.05) is 6.07 Å². The highest BCUT2D eigenvalue weighted by Crippen LogP contribution is 2.16. The summed E-state index contributed by atoms with van der Waals surface area (Å²) in [6.07, 6.45) is 1.72. The number of hydrogen-bond donors (Lipinski definition) is 1. The van der Waals surface area contributed by atoms with E-state index in [-0.39, 0.29) is 6.03 Å². The van der Waals surface area contributed by atoms with Gasteiger partial charge in [-0.15, -0.1) is 0 Å². The highest BCUT2D eigenvalue weighted by Gasteiger charge is 2.09. The topological polar surface area (TPSA) is 54.5 Å². The zero-order valence-electron chi connectivity index (χ0n) is 12.2. The van der Waals surface area contributed by atoms with Gasteiger partial charge in [0, 0.05) is 18.9 Å². The number of anilines is 1. The number of aromatic nitrogens is 1. The molecule has 110 valence electrons. The molecule has 0 radical (unpaired) electrons. The van der Waals surface area contributed by atoms with Gasteiger partial charge in [0.05, 0.1) is 18.8 Å². The number of pyridine rings is 1. The van der Waals surface area contributed by atoms with Crippen LogP contribution >= 0.6 is 0 Å². The van der Waals surface area contributed by atoms with E-state index in [0.717, 1.165) is 17.1 Å². The Morgan fingerprint density at radius 2 is 2.00 bits per heavy atom. The van der Waals surface area contributed by atoms with E-state index in [4.69, 9.17) is 4.74 Å². The van der Waals surface area contributed by atoms with Crippen molar-refractivity contribution in [2.45, 2.75) is 13.5 Å². The molecule has 1 aromatic carbocycles. The van der Waals surface area contributed by atoms with Crippen LogP contribution in [0.5, 0.6) is 5.75 Å². The van der Waals surface area contributed by atoms with Crippen LogP contribution in [0.2, 0.25) is 0 Å². The van der Waals surface area contributed by atoms with E-state index in [1.165, 1.54) is 0 Å². The van der Waals surface area contributed by atoms with Crippen molar-refractivity contribution < 1.29 is 9.53 Å². The van der Waals surface area contributed by atoms with Crippen LogP contribution in [0, 0.1) is 0 Å². The Bertz CT molecular complexity index is 570. The van der Waals surface area contributed by atoms with Crippen LogP contribution in [0.25, 0.3) is 0 Å². The molecular weight excluding hydrogens is 266 g/mol. The van der Waals surface area contributed by atoms with Crippen LogP contribution in [0.15, 0.2) is 48.7 Å². The third kappa shape index (κ3) is 4.49. The van der Waals surface area contributed by atoms with Crippen LogP contribution in [-0.2, 0) is 6.54 Å². The molecule has 2 rings (SSSR count). The van der Waals surface area contributed by atoms with Crippen molar-refractivity contribution in [3.63, 3.8) is 0 Å². The first-order chi connectivity index (χ1) is 10.2. The number of nitrogens with zero attached hydrogens (tertiary/aromatic N) is 2. The maximum absolute atomic E-state index is 12.1. The minimum Gasteiger partial charge on any atom is -0.494 e. The molecule has 1 aromatic heterocycles. The van der Waals surface area contributed by atoms with Gasteiger partial charge < -0.3 is 15.0 Å². The van der Waals surface area contributed by atoms with Gasteiger partial charge >= 0.3 is 6.03 Å². The van der Waals surface area contributed by atoms with Gasteiger partial charge in [0.2, 0.25) is 0 Å². The molecule has 1 heterocycles. The lowest BCUT2D eigenvalue weighted by Crippen LogP contribution is -2.31. The minimum atomic E-state index is -0.176. The standard InChI is InChI=1S/C16H19N3O2/c1-3-21-15-9-7-13(8-10-15)18-16(20)19(2)12-14-6-4-5-11-17-14/h4-11H,3,12H2,1-2H3,(H,18,20). The number of hydrogen-bond acceptors (Lipinski definition) is 3. The quantitative estimate of drug-likeness (QED) is 0.918. The number of carbonyl (C=O) groups excluding carboxylic acids is 1. The van der Waals surface area contributed by atoms with Gasteiger partial charge in [-0.05, 0) is 43.3 Å². The number of nitrogens with one attached hydrogen (secondary N) is 1. The summed E-state index contributed by atoms with van der Waals surface area (Å²) in [6, 6.07) is 12.8. The number of amides is 2. The third-order valence-electron chi connectivity index (χ3n) is 2.89. The van der Waals surface area contributed by atoms with Crippen molar-refractivity contribution in [1.29, 1.82) is 0 Å². The smallest absolute Gasteiger partial charge is 0.321 e. The van der Waals surface area contributed by atoms with Gasteiger partial charge in [-0.3, -0.25) is 4.98 Å². The number of ether oxygens (including phenoxy) is 1. The van der Waals surface area contributed by atoms with Crippen LogP contribution < -0.4 is 10.1 Å². The SMILES string of the molecule is CCOc1ccc(NC(=O)N(C)Cc2ccccn2)cc1. The molecule has 0 atom stereocenters. The largest absolute Gasteiger partial charge is 0.494 e. The number of benzene rings is 1. The summed E-state index contributed by atoms with van der Waals surface area (Å²) in [4.78, 5) is 17.9. The lowest BCUT2D eigenvalue weighted by Gasteiger charge is -2.17. The molecule has 0 aliphatic rings. The second-order valence-corrected chi connectivity index (χ2v) is 4.56. The molecule has 0 unspecified atom stereocenters. The summed E-state index contributed by atoms with van der Waals surface area (Å²) in [5.74, 6) is 0.789. The Kier molecular flexibility index (Phi) is 5.15. The highest BCUT2D eigenvalue weighted by atomic mass is 16.5. The van der Waals surface area contributed by atoms with E-state index in [0.29, 0.717) is 13.2 Å². The first-order valence-electron chi connectivity index (χ1n) is 6.84. The molecule has 21 heavy (non-hydrogen) atoms. The zero-order chi connectivity index (χ0) is 15.1. The number of urea groups is 1. The van der Waals surface area contributed by atoms with Gasteiger partial charge in [0.25, 0.3) is 0 Å². The van der Waals surface area contributed by atoms with E-state index in [2.05, 4.69) is 10.3 Å². The van der Waals surface area contributed by atoms with Crippen molar-refractivity contribution >= 4 is 11.7 Å². The van der Waals surface area contributed by atoms with Gasteiger partial charge in [0.1, 0.15) is 5.75 Å². The molecule has 0 fully saturated rings. The molecule has 0 bridgehead atoms. The summed E-state index contributed by atoms with van der Waals surface area (Å²) in [5, 5.41) is 2.83. The molecule has 2 aromatic rings. The predicted octanol–water partition coefficient (Wildman–Crippen LogP) is 3.14. The van der Waals surface area contributed by atoms with E-state index in [9.17, 15) is 4.79 Å². The van der Waals surface area contributed by atoms with Gasteiger partial charge in [0.15, 0.2) is 0 Å². The molecule has 5 nitrogen and oxygen atoms in total. The fourth-order valence-corrected chi connectivity index (χ4v) is 1.83. The monoisotopic (exact) mass is 285 g/mol. The molecular formula is C16H19N3O2. The molecule has 0 aliphatic heterocycles. The third-order valence-corrected chi connectivity index (χ3v) is 2.89. The second-order valence-electron chi connectivity index (χ2n) is 4.56. The van der Waals surface area contributed by atoms with Crippen molar-refractivity contribution in [3.8, 4) is 5.75 Å². The highest BCUT2D eigenvalue weighted by molar-refractivity contribution is 5.89. The van der Waals surface area contributed by atoms with E-state index < -0.39 is 0 Å². The lowest BCUT2D eigenvalue weighted by atomic mass is 10.3. The van der Waals surface area contributed by atoms with Crippen molar-refractivity contribution in [2.75, 3.05) is 19.0 Å². The summed E-state index contributed by atoms with van der Waals surface area (Å²) in [5.41, 5.74) is 1.58. The number of rotatable bonds is 5. The average Bonchev–Trinajstić information content (AvgIpc) is 2.50. The molecule has 0 saturated heterocycles. The molecule has 0 saturated carbocycles. The lowest BCUT2D eigenvalue weighted by molar-refractivity contribution is 0.220. The summed E-state index contributed by atoms with van der Waals surface area (Å²) in [7, 11) is 1.73. The van der Waals surface area contributed by atoms with Crippen molar-refractivity contribution in [1.82, 2.24) is 9.88 Å². The average molecular weight is 285 g/mol. The van der Waals surface area contributed by atoms with Crippen LogP contribution in [0.4, 0.5) is 10.5 Å². The Labute approximate surface area is 124 Å². The summed E-state index contributed by atoms with van der Waals surface area (Å²) < 4.78 is 5.36. The predicted molar refractivity (Wildman–Crippen MR) is 82.3 cm³/mol. The minimum absolute atomic E-state index is 0.176. The maximum Gasteiger partial charge on any atom is 0.321 e. The Hall–Kier alpha value is -2.56. The van der Waals surface area contributed by atoms with E-state index in [1.807, 2.05) is 49.4 Å². The Morgan fingerprint density at radius 3 is 2.62 bits per heavy atom. The normalized spacial score (nSPS) is 10.0. The Balaban J connectivity index is 1.91. The van der Waals surface area contributed by atoms with Crippen LogP contribution in [0.1, 0.15) is 12.6 Å². The second kappa shape index (κ2) is 7.28. The van der Waals surface area contributed by atoms with Crippen LogP contribution in [0.3, 0.4) is 0 Å². The van der Waals surface area contributed by atoms with Gasteiger partial charge in [-0.25, -0.2) is 4.79 Å². The summed E-state index contributed by atoms with van der Waals surface area (Å²) >= 11 is 0.